The van der Waals surface area contributed by atoms with Crippen LogP contribution < -0.4 is 0 Å². The summed E-state index contributed by atoms with van der Waals surface area (Å²) in [5, 5.41) is 8.20. The van der Waals surface area contributed by atoms with Crippen LogP contribution in [0.1, 0.15) is 47.0 Å². The second-order valence-corrected chi connectivity index (χ2v) is 6.95. The van der Waals surface area contributed by atoms with E-state index in [-0.39, 0.29) is 0 Å². The zero-order valence-electron chi connectivity index (χ0n) is 9.14. The summed E-state index contributed by atoms with van der Waals surface area (Å²) in [6, 6.07) is 0. The van der Waals surface area contributed by atoms with Crippen molar-refractivity contribution in [3.8, 4) is 0 Å². The Morgan fingerprint density at radius 1 is 1.31 bits per heavy atom. The third-order valence-electron chi connectivity index (χ3n) is 1.16. The van der Waals surface area contributed by atoms with Crippen LogP contribution in [-0.2, 0) is 17.1 Å². The van der Waals surface area contributed by atoms with E-state index in [2.05, 4.69) is 32.1 Å². The van der Waals surface area contributed by atoms with Crippen molar-refractivity contribution in [2.75, 3.05) is 6.61 Å². The van der Waals surface area contributed by atoms with Crippen molar-refractivity contribution in [1.82, 2.24) is 0 Å². The maximum Gasteiger partial charge on any atom is 0.0431 e. The van der Waals surface area contributed by atoms with E-state index in [0.717, 1.165) is 12.8 Å². The predicted octanol–water partition coefficient (Wildman–Crippen LogP) is 3.24. The van der Waals surface area contributed by atoms with Crippen molar-refractivity contribution >= 4 is 13.8 Å². The van der Waals surface area contributed by atoms with Crippen molar-refractivity contribution in [2.24, 2.45) is 5.41 Å². The van der Waals surface area contributed by atoms with Crippen LogP contribution in [0.2, 0.25) is 0 Å². The van der Waals surface area contributed by atoms with Crippen LogP contribution in [0, 0.1) is 5.41 Å². The predicted molar refractivity (Wildman–Crippen MR) is 58.0 cm³/mol. The van der Waals surface area contributed by atoms with Crippen molar-refractivity contribution in [3.63, 3.8) is 0 Å². The molecule has 0 aromatic carbocycles. The van der Waals surface area contributed by atoms with Crippen molar-refractivity contribution in [1.29, 1.82) is 0 Å². The fourth-order valence-electron chi connectivity index (χ4n) is 0.495. The summed E-state index contributed by atoms with van der Waals surface area (Å²) in [5.74, 6) is 0. The molecule has 0 unspecified atom stereocenters. The van der Waals surface area contributed by atoms with Crippen molar-refractivity contribution < 1.29 is 22.2 Å². The summed E-state index contributed by atoms with van der Waals surface area (Å²) < 4.78 is 2.24. The Morgan fingerprint density at radius 2 is 1.85 bits per heavy atom. The molecule has 0 heterocycles. The third-order valence-corrected chi connectivity index (χ3v) is 4.75. The molecule has 0 atom stereocenters. The average Bonchev–Trinajstić information content (AvgIpc) is 1.99. The first-order valence-corrected chi connectivity index (χ1v) is 10.0. The Kier molecular flexibility index (Phi) is 13.6. The molecule has 0 spiro atoms. The van der Waals surface area contributed by atoms with Crippen LogP contribution in [0.25, 0.3) is 0 Å². The molecule has 0 aliphatic carbocycles. The van der Waals surface area contributed by atoms with Crippen LogP contribution >= 0.6 is 9.42 Å². The van der Waals surface area contributed by atoms with E-state index < -0.39 is 17.1 Å². The van der Waals surface area contributed by atoms with Crippen LogP contribution in [0.4, 0.5) is 0 Å². The van der Waals surface area contributed by atoms with Gasteiger partial charge < -0.3 is 5.11 Å². The third kappa shape index (κ3) is 24.5. The quantitative estimate of drug-likeness (QED) is 0.749. The van der Waals surface area contributed by atoms with Gasteiger partial charge in [0, 0.05) is 6.61 Å². The van der Waals surface area contributed by atoms with E-state index >= 15 is 0 Å². The van der Waals surface area contributed by atoms with E-state index in [4.69, 9.17) is 14.5 Å². The summed E-state index contributed by atoms with van der Waals surface area (Å²) in [5.41, 5.74) is 0.367. The van der Waals surface area contributed by atoms with Gasteiger partial charge in [0.05, 0.1) is 0 Å². The molecule has 0 aliphatic heterocycles. The van der Waals surface area contributed by atoms with Gasteiger partial charge in [0.25, 0.3) is 0 Å². The second-order valence-electron chi connectivity index (χ2n) is 4.00. The molecule has 13 heavy (non-hydrogen) atoms. The van der Waals surface area contributed by atoms with Gasteiger partial charge in [-0.1, -0.05) is 19.8 Å². The van der Waals surface area contributed by atoms with Gasteiger partial charge in [-0.2, -0.15) is 0 Å². The molecule has 0 saturated carbocycles. The first kappa shape index (κ1) is 16.2. The molecule has 0 aliphatic rings. The number of rotatable bonds is 3. The number of aliphatic hydroxyl groups excluding tert-OH is 1. The summed E-state index contributed by atoms with van der Waals surface area (Å²) in [6.45, 7) is 9.00. The molecule has 0 radical (unpaired) electrons. The molecule has 3 heteroatoms. The van der Waals surface area contributed by atoms with E-state index in [0.29, 0.717) is 12.0 Å². The van der Waals surface area contributed by atoms with Gasteiger partial charge in [-0.25, -0.2) is 0 Å². The Bertz CT molecular complexity index is 115. The molecule has 1 nitrogen and oxygen atoms in total. The zero-order valence-corrected chi connectivity index (χ0v) is 12.8. The largest absolute Gasteiger partial charge is 0.396 e. The monoisotopic (exact) mass is 377 g/mol. The summed E-state index contributed by atoms with van der Waals surface area (Å²) in [4.78, 5) is 0. The van der Waals surface area contributed by atoms with E-state index in [1.807, 2.05) is 0 Å². The maximum absolute atomic E-state index is 8.20. The molecule has 0 amide bonds. The Balaban J connectivity index is 0. The first-order valence-electron chi connectivity index (χ1n) is 4.70. The fraction of sp³-hybridized carbons (Fsp3) is 0.900. The van der Waals surface area contributed by atoms with Gasteiger partial charge in [0.15, 0.2) is 0 Å². The van der Waals surface area contributed by atoms with Crippen molar-refractivity contribution in [2.45, 2.75) is 47.0 Å². The number of halogens is 1. The van der Waals surface area contributed by atoms with E-state index in [1.54, 1.807) is 0 Å². The number of hydrogen-bond acceptors (Lipinski definition) is 1. The molecule has 0 saturated heterocycles. The summed E-state index contributed by atoms with van der Waals surface area (Å²) >= 11 is -0.543. The minimum absolute atomic E-state index is 0.355. The number of aliphatic hydroxyl groups is 1. The smallest absolute Gasteiger partial charge is 0.0431 e. The topological polar surface area (TPSA) is 20.2 Å². The zero-order chi connectivity index (χ0) is 10.7. The molecular formula is C10H22ClOW. The van der Waals surface area contributed by atoms with Crippen LogP contribution in [0.5, 0.6) is 0 Å². The van der Waals surface area contributed by atoms with Gasteiger partial charge in [-0.15, -0.1) is 0 Å². The maximum atomic E-state index is 8.20. The van der Waals surface area contributed by atoms with Crippen LogP contribution in [-0.4, -0.2) is 16.1 Å². The fourth-order valence-corrected chi connectivity index (χ4v) is 3.64. The molecule has 0 rings (SSSR count). The molecule has 0 aromatic heterocycles. The Morgan fingerprint density at radius 3 is 1.92 bits per heavy atom. The average molecular weight is 378 g/mol. The van der Waals surface area contributed by atoms with E-state index in [9.17, 15) is 0 Å². The minimum Gasteiger partial charge on any atom is -0.396 e. The van der Waals surface area contributed by atoms with Crippen LogP contribution in [0.15, 0.2) is 0 Å². The molecule has 0 fully saturated rings. The molecule has 0 aromatic rings. The second kappa shape index (κ2) is 10.9. The molecule has 0 bridgehead atoms. The van der Waals surface area contributed by atoms with Gasteiger partial charge in [-0.05, 0) is 6.42 Å². The van der Waals surface area contributed by atoms with Crippen molar-refractivity contribution in [3.05, 3.63) is 0 Å². The van der Waals surface area contributed by atoms with Gasteiger partial charge >= 0.3 is 57.1 Å². The van der Waals surface area contributed by atoms with Gasteiger partial charge in [-0.3, -0.25) is 0 Å². The van der Waals surface area contributed by atoms with E-state index in [1.165, 1.54) is 6.42 Å². The summed E-state index contributed by atoms with van der Waals surface area (Å²) in [7, 11) is 5.60. The summed E-state index contributed by atoms with van der Waals surface area (Å²) in [6.07, 6.45) is 3.33. The molecule has 1 N–H and O–H groups in total. The molecular weight excluding hydrogens is 355 g/mol. The normalized spacial score (nSPS) is 11.2. The standard InChI is InChI=1S/C5H12O.C5H10.ClH.W/c1-2-3-4-5-6;1-5(2,3)4;;/h6H,2-5H2,1H3;1H,2-4H3;1H;/q;;;+1/p-1. The minimum atomic E-state index is -0.543. The Labute approximate surface area is 94.8 Å². The first-order chi connectivity index (χ1) is 5.97. The van der Waals surface area contributed by atoms with Gasteiger partial charge in [0.2, 0.25) is 0 Å². The molecule has 81 valence electrons. The number of unbranched alkanes of at least 4 members (excludes halogenated alkanes) is 2. The Hall–Kier alpha value is 0.808. The van der Waals surface area contributed by atoms with Gasteiger partial charge in [0.1, 0.15) is 0 Å². The van der Waals surface area contributed by atoms with Crippen LogP contribution in [0.3, 0.4) is 0 Å². The number of hydrogen-bond donors (Lipinski definition) is 1. The SMILES string of the molecule is CC(C)(C)[CH]=[W][Cl].CCCCCO.